The normalized spacial score (nSPS) is 12.0. The number of hydrazine groups is 1. The van der Waals surface area contributed by atoms with Crippen molar-refractivity contribution in [1.82, 2.24) is 43.7 Å². The molecule has 4 N–H and O–H groups in total. The van der Waals surface area contributed by atoms with Gasteiger partial charge in [0.2, 0.25) is 0 Å². The third-order valence-electron chi connectivity index (χ3n) is 15.0. The van der Waals surface area contributed by atoms with Gasteiger partial charge in [0.1, 0.15) is 11.4 Å². The molecule has 0 bridgehead atoms. The van der Waals surface area contributed by atoms with Crippen LogP contribution in [0.4, 0.5) is 5.69 Å². The van der Waals surface area contributed by atoms with Crippen LogP contribution in [0.3, 0.4) is 0 Å². The first-order chi connectivity index (χ1) is 38.5. The van der Waals surface area contributed by atoms with Crippen LogP contribution >= 0.6 is 0 Å². The Kier molecular flexibility index (Phi) is 10.3. The molecule has 15 rings (SSSR count). The summed E-state index contributed by atoms with van der Waals surface area (Å²) in [6, 6.07) is 81.9. The van der Waals surface area contributed by atoms with Gasteiger partial charge in [-0.3, -0.25) is 5.01 Å². The minimum Gasteiger partial charge on any atom is -0.397 e. The highest BCUT2D eigenvalue weighted by atomic mass is 15.4. The average Bonchev–Trinajstić information content (AvgIpc) is 4.55. The first kappa shape index (κ1) is 44.6. The van der Waals surface area contributed by atoms with E-state index in [1.54, 1.807) is 11.2 Å². The SMILES string of the molecule is N/C(=C\N(N)c1cccc(-n2c3ccccc3c3ccccc32)c1)c1cc(-c2cn(-c3cccc(-n4c5ccccc5c5ccccc54)c3)nn2)cc(-c2cn(-c3cccc(-n4c5ccccc5c5ccccc54)c3)nn2)c1. The summed E-state index contributed by atoms with van der Waals surface area (Å²) in [5.74, 6) is 6.94. The summed E-state index contributed by atoms with van der Waals surface area (Å²) in [6.45, 7) is 0. The summed E-state index contributed by atoms with van der Waals surface area (Å²) in [7, 11) is 0. The average molecular weight is 1010 g/mol. The molecule has 0 saturated heterocycles. The van der Waals surface area contributed by atoms with Gasteiger partial charge in [0.15, 0.2) is 0 Å². The molecule has 5 heterocycles. The topological polar surface area (TPSA) is 131 Å². The van der Waals surface area contributed by atoms with Crippen molar-refractivity contribution in [1.29, 1.82) is 0 Å². The molecule has 78 heavy (non-hydrogen) atoms. The minimum absolute atomic E-state index is 0.431. The number of anilines is 1. The quantitative estimate of drug-likeness (QED) is 0.103. The molecular formula is C66H46N12. The van der Waals surface area contributed by atoms with Crippen LogP contribution < -0.4 is 16.6 Å². The maximum atomic E-state index is 7.13. The van der Waals surface area contributed by atoms with Crippen LogP contribution in [0.15, 0.2) is 255 Å². The van der Waals surface area contributed by atoms with Crippen LogP contribution in [0.25, 0.3) is 122 Å². The molecule has 0 aliphatic rings. The van der Waals surface area contributed by atoms with Gasteiger partial charge in [-0.25, -0.2) is 15.2 Å². The molecule has 0 aliphatic heterocycles. The predicted molar refractivity (Wildman–Crippen MR) is 315 cm³/mol. The Bertz CT molecular complexity index is 4500. The van der Waals surface area contributed by atoms with Crippen molar-refractivity contribution in [3.05, 3.63) is 261 Å². The zero-order chi connectivity index (χ0) is 51.8. The number of hydrogen-bond acceptors (Lipinski definition) is 7. The summed E-state index contributed by atoms with van der Waals surface area (Å²) in [6.07, 6.45) is 5.64. The van der Waals surface area contributed by atoms with Crippen molar-refractivity contribution in [3.63, 3.8) is 0 Å². The van der Waals surface area contributed by atoms with E-state index in [2.05, 4.69) is 214 Å². The smallest absolute Gasteiger partial charge is 0.113 e. The number of rotatable bonds is 10. The summed E-state index contributed by atoms with van der Waals surface area (Å²) in [4.78, 5) is 0. The standard InChI is InChI=1S/C66H46N12/c67-58(40-73(68)46-16-13-19-49(37-46)76-61-28-7-1-22-52(61)53-23-2-8-29-62(53)76)43-34-44(59-41-74(71-69-59)47-17-14-20-50(38-47)77-63-30-9-3-24-54(63)55-25-4-10-31-64(55)77)36-45(35-43)60-42-75(72-70-60)48-18-15-21-51(39-48)78-65-32-11-5-26-56(65)57-27-6-12-33-66(57)78/h1-42H,67-68H2/b58-40-. The number of aromatic nitrogens is 9. The fourth-order valence-corrected chi connectivity index (χ4v) is 11.4. The molecule has 0 saturated carbocycles. The van der Waals surface area contributed by atoms with Gasteiger partial charge in [0, 0.05) is 72.3 Å². The Morgan fingerprint density at radius 3 is 1.08 bits per heavy atom. The van der Waals surface area contributed by atoms with Gasteiger partial charge < -0.3 is 19.4 Å². The lowest BCUT2D eigenvalue weighted by molar-refractivity contribution is 0.803. The van der Waals surface area contributed by atoms with Gasteiger partial charge in [-0.15, -0.1) is 10.2 Å². The number of para-hydroxylation sites is 6. The number of nitrogens with two attached hydrogens (primary N) is 2. The second-order valence-corrected chi connectivity index (χ2v) is 19.6. The van der Waals surface area contributed by atoms with Crippen molar-refractivity contribution < 1.29 is 0 Å². The van der Waals surface area contributed by atoms with E-state index in [9.17, 15) is 0 Å². The van der Waals surface area contributed by atoms with Crippen LogP contribution in [-0.2, 0) is 0 Å². The monoisotopic (exact) mass is 1010 g/mol. The number of nitrogens with zero attached hydrogens (tertiary/aromatic N) is 10. The van der Waals surface area contributed by atoms with Crippen LogP contribution in [0.1, 0.15) is 5.56 Å². The largest absolute Gasteiger partial charge is 0.397 e. The lowest BCUT2D eigenvalue weighted by Gasteiger charge is -2.18. The Morgan fingerprint density at radius 1 is 0.359 bits per heavy atom. The second-order valence-electron chi connectivity index (χ2n) is 19.6. The van der Waals surface area contributed by atoms with E-state index in [1.807, 2.05) is 58.2 Å². The van der Waals surface area contributed by atoms with E-state index in [1.165, 1.54) is 32.3 Å². The Hall–Kier alpha value is -10.8. The molecule has 5 aromatic heterocycles. The molecule has 0 unspecified atom stereocenters. The molecule has 12 heteroatoms. The predicted octanol–water partition coefficient (Wildman–Crippen LogP) is 14.1. The number of fused-ring (bicyclic) bond motifs is 9. The van der Waals surface area contributed by atoms with Crippen molar-refractivity contribution >= 4 is 76.8 Å². The molecule has 0 radical (unpaired) electrons. The van der Waals surface area contributed by atoms with Gasteiger partial charge in [-0.1, -0.05) is 138 Å². The van der Waals surface area contributed by atoms with Crippen molar-refractivity contribution in [3.8, 4) is 51.0 Å². The molecule has 0 aliphatic carbocycles. The molecule has 15 aromatic rings. The molecule has 0 amide bonds. The summed E-state index contributed by atoms with van der Waals surface area (Å²) < 4.78 is 10.5. The van der Waals surface area contributed by atoms with Crippen molar-refractivity contribution in [2.45, 2.75) is 0 Å². The Morgan fingerprint density at radius 2 is 0.692 bits per heavy atom. The third kappa shape index (κ3) is 7.35. The molecule has 0 spiro atoms. The summed E-state index contributed by atoms with van der Waals surface area (Å²) in [5, 5.41) is 27.7. The molecule has 370 valence electrons. The maximum absolute atomic E-state index is 7.13. The van der Waals surface area contributed by atoms with Gasteiger partial charge in [-0.2, -0.15) is 0 Å². The van der Waals surface area contributed by atoms with E-state index >= 15 is 0 Å². The Balaban J connectivity index is 0.812. The molecule has 10 aromatic carbocycles. The zero-order valence-electron chi connectivity index (χ0n) is 41.9. The van der Waals surface area contributed by atoms with Crippen LogP contribution in [0, 0.1) is 0 Å². The van der Waals surface area contributed by atoms with E-state index in [4.69, 9.17) is 32.2 Å². The van der Waals surface area contributed by atoms with E-state index < -0.39 is 0 Å². The summed E-state index contributed by atoms with van der Waals surface area (Å²) >= 11 is 0. The highest BCUT2D eigenvalue weighted by Gasteiger charge is 2.19. The summed E-state index contributed by atoms with van der Waals surface area (Å²) in [5.41, 5.74) is 23.3. The van der Waals surface area contributed by atoms with Gasteiger partial charge in [0.25, 0.3) is 0 Å². The first-order valence-corrected chi connectivity index (χ1v) is 25.8. The first-order valence-electron chi connectivity index (χ1n) is 25.8. The zero-order valence-corrected chi connectivity index (χ0v) is 41.9. The molecular weight excluding hydrogens is 961 g/mol. The van der Waals surface area contributed by atoms with Crippen LogP contribution in [0.5, 0.6) is 0 Å². The maximum Gasteiger partial charge on any atom is 0.113 e. The van der Waals surface area contributed by atoms with Gasteiger partial charge in [0.05, 0.1) is 68.3 Å². The highest BCUT2D eigenvalue weighted by Crippen LogP contribution is 2.37. The lowest BCUT2D eigenvalue weighted by Crippen LogP contribution is -2.25. The van der Waals surface area contributed by atoms with E-state index in [0.29, 0.717) is 22.6 Å². The number of benzene rings is 10. The van der Waals surface area contributed by atoms with Crippen molar-refractivity contribution in [2.75, 3.05) is 5.01 Å². The molecule has 0 fully saturated rings. The van der Waals surface area contributed by atoms with E-state index in [0.717, 1.165) is 78.4 Å². The lowest BCUT2D eigenvalue weighted by atomic mass is 10.0. The molecule has 12 nitrogen and oxygen atoms in total. The number of hydrogen-bond donors (Lipinski definition) is 2. The van der Waals surface area contributed by atoms with Crippen LogP contribution in [0.2, 0.25) is 0 Å². The van der Waals surface area contributed by atoms with Crippen molar-refractivity contribution in [2.24, 2.45) is 11.6 Å². The highest BCUT2D eigenvalue weighted by molar-refractivity contribution is 6.11. The fraction of sp³-hybridized carbons (Fsp3) is 0. The second kappa shape index (κ2) is 17.9. The van der Waals surface area contributed by atoms with Crippen LogP contribution in [-0.4, -0.2) is 43.7 Å². The minimum atomic E-state index is 0.431. The van der Waals surface area contributed by atoms with E-state index in [-0.39, 0.29) is 0 Å². The fourth-order valence-electron chi connectivity index (χ4n) is 11.4. The van der Waals surface area contributed by atoms with Gasteiger partial charge in [-0.05, 0) is 109 Å². The Labute approximate surface area is 446 Å². The molecule has 0 atom stereocenters. The third-order valence-corrected chi connectivity index (χ3v) is 15.0. The van der Waals surface area contributed by atoms with Gasteiger partial charge >= 0.3 is 0 Å².